The van der Waals surface area contributed by atoms with Gasteiger partial charge in [-0.1, -0.05) is 6.58 Å². The maximum Gasteiger partial charge on any atom is 0.313 e. The van der Waals surface area contributed by atoms with Gasteiger partial charge in [-0.25, -0.2) is 0 Å². The van der Waals surface area contributed by atoms with E-state index in [1.54, 1.807) is 6.08 Å². The van der Waals surface area contributed by atoms with Crippen LogP contribution in [0.5, 0.6) is 0 Å². The molecule has 0 N–H and O–H groups in total. The molecule has 0 spiro atoms. The SMILES string of the molecule is C=C=CC(CCN(C)C)C(=O)OC. The quantitative estimate of drug-likeness (QED) is 0.471. The minimum atomic E-state index is -0.224. The molecule has 0 radical (unpaired) electrons. The number of carbonyl (C=O) groups is 1. The van der Waals surface area contributed by atoms with E-state index in [1.165, 1.54) is 7.11 Å². The molecule has 0 saturated carbocycles. The molecule has 74 valence electrons. The van der Waals surface area contributed by atoms with Gasteiger partial charge in [-0.15, -0.1) is 5.73 Å². The Morgan fingerprint density at radius 1 is 1.69 bits per heavy atom. The van der Waals surface area contributed by atoms with Gasteiger partial charge in [-0.05, 0) is 33.1 Å². The van der Waals surface area contributed by atoms with E-state index in [2.05, 4.69) is 17.0 Å². The van der Waals surface area contributed by atoms with Crippen LogP contribution in [0.2, 0.25) is 0 Å². The average Bonchev–Trinajstić information content (AvgIpc) is 2.10. The van der Waals surface area contributed by atoms with Crippen LogP contribution < -0.4 is 0 Å². The van der Waals surface area contributed by atoms with Crippen LogP contribution in [-0.2, 0) is 9.53 Å². The fraction of sp³-hybridized carbons (Fsp3) is 0.600. The minimum Gasteiger partial charge on any atom is -0.469 e. The average molecular weight is 183 g/mol. The number of esters is 1. The monoisotopic (exact) mass is 183 g/mol. The third kappa shape index (κ3) is 5.23. The predicted octanol–water partition coefficient (Wildman–Crippen LogP) is 1.07. The van der Waals surface area contributed by atoms with E-state index >= 15 is 0 Å². The zero-order chi connectivity index (χ0) is 10.3. The van der Waals surface area contributed by atoms with Crippen molar-refractivity contribution in [3.8, 4) is 0 Å². The van der Waals surface area contributed by atoms with Crippen LogP contribution in [0.3, 0.4) is 0 Å². The van der Waals surface area contributed by atoms with Gasteiger partial charge in [-0.2, -0.15) is 0 Å². The molecule has 13 heavy (non-hydrogen) atoms. The molecule has 0 aliphatic rings. The fourth-order valence-corrected chi connectivity index (χ4v) is 0.960. The highest BCUT2D eigenvalue weighted by Gasteiger charge is 2.15. The van der Waals surface area contributed by atoms with Gasteiger partial charge in [0.2, 0.25) is 0 Å². The van der Waals surface area contributed by atoms with Crippen LogP contribution in [0.15, 0.2) is 18.4 Å². The largest absolute Gasteiger partial charge is 0.469 e. The van der Waals surface area contributed by atoms with E-state index < -0.39 is 0 Å². The third-order valence-electron chi connectivity index (χ3n) is 1.71. The normalized spacial score (nSPS) is 12.0. The summed E-state index contributed by atoms with van der Waals surface area (Å²) >= 11 is 0. The summed E-state index contributed by atoms with van der Waals surface area (Å²) in [4.78, 5) is 13.2. The Balaban J connectivity index is 4.10. The number of rotatable bonds is 5. The van der Waals surface area contributed by atoms with Crippen molar-refractivity contribution in [2.24, 2.45) is 5.92 Å². The van der Waals surface area contributed by atoms with E-state index in [-0.39, 0.29) is 11.9 Å². The first-order valence-corrected chi connectivity index (χ1v) is 4.20. The molecule has 3 nitrogen and oxygen atoms in total. The summed E-state index contributed by atoms with van der Waals surface area (Å²) in [6.07, 6.45) is 2.39. The van der Waals surface area contributed by atoms with Crippen molar-refractivity contribution < 1.29 is 9.53 Å². The summed E-state index contributed by atoms with van der Waals surface area (Å²) in [6, 6.07) is 0. The molecule has 0 aliphatic carbocycles. The van der Waals surface area contributed by atoms with E-state index in [9.17, 15) is 4.79 Å². The van der Waals surface area contributed by atoms with Crippen molar-refractivity contribution in [3.05, 3.63) is 18.4 Å². The van der Waals surface area contributed by atoms with Gasteiger partial charge in [0.05, 0.1) is 13.0 Å². The second kappa shape index (κ2) is 6.46. The van der Waals surface area contributed by atoms with Crippen molar-refractivity contribution in [3.63, 3.8) is 0 Å². The van der Waals surface area contributed by atoms with E-state index in [0.717, 1.165) is 13.0 Å². The maximum absolute atomic E-state index is 11.2. The Labute approximate surface area is 79.7 Å². The number of ether oxygens (including phenoxy) is 1. The summed E-state index contributed by atoms with van der Waals surface area (Å²) in [6.45, 7) is 4.29. The smallest absolute Gasteiger partial charge is 0.313 e. The lowest BCUT2D eigenvalue weighted by atomic mass is 10.1. The van der Waals surface area contributed by atoms with Crippen LogP contribution in [0.25, 0.3) is 0 Å². The zero-order valence-electron chi connectivity index (χ0n) is 8.54. The van der Waals surface area contributed by atoms with E-state index in [4.69, 9.17) is 0 Å². The van der Waals surface area contributed by atoms with Gasteiger partial charge in [0.1, 0.15) is 0 Å². The molecule has 0 aromatic heterocycles. The lowest BCUT2D eigenvalue weighted by molar-refractivity contribution is -0.144. The lowest BCUT2D eigenvalue weighted by Crippen LogP contribution is -2.21. The van der Waals surface area contributed by atoms with Crippen LogP contribution >= 0.6 is 0 Å². The van der Waals surface area contributed by atoms with E-state index in [0.29, 0.717) is 0 Å². The number of hydrogen-bond acceptors (Lipinski definition) is 3. The summed E-state index contributed by atoms with van der Waals surface area (Å²) in [5.41, 5.74) is 2.61. The van der Waals surface area contributed by atoms with Crippen molar-refractivity contribution in [2.45, 2.75) is 6.42 Å². The second-order valence-corrected chi connectivity index (χ2v) is 3.09. The molecule has 1 unspecified atom stereocenters. The molecule has 0 bridgehead atoms. The molecule has 0 amide bonds. The Bertz CT molecular complexity index is 205. The zero-order valence-corrected chi connectivity index (χ0v) is 8.54. The third-order valence-corrected chi connectivity index (χ3v) is 1.71. The first kappa shape index (κ1) is 11.9. The maximum atomic E-state index is 11.2. The first-order chi connectivity index (χ1) is 6.11. The fourth-order valence-electron chi connectivity index (χ4n) is 0.960. The van der Waals surface area contributed by atoms with Crippen LogP contribution in [0.4, 0.5) is 0 Å². The topological polar surface area (TPSA) is 29.5 Å². The van der Waals surface area contributed by atoms with Crippen molar-refractivity contribution >= 4 is 5.97 Å². The standard InChI is InChI=1S/C10H17NO2/c1-5-6-9(10(12)13-4)7-8-11(2)3/h6,9H,1,7-8H2,2-4H3. The molecule has 0 rings (SSSR count). The number of carbonyl (C=O) groups excluding carboxylic acids is 1. The van der Waals surface area contributed by atoms with E-state index in [1.807, 2.05) is 19.0 Å². The molecule has 0 heterocycles. The highest BCUT2D eigenvalue weighted by molar-refractivity contribution is 5.74. The van der Waals surface area contributed by atoms with Gasteiger partial charge in [0, 0.05) is 0 Å². The van der Waals surface area contributed by atoms with Gasteiger partial charge >= 0.3 is 5.97 Å². The summed E-state index contributed by atoms with van der Waals surface area (Å²) < 4.78 is 4.64. The Hall–Kier alpha value is -1.05. The van der Waals surface area contributed by atoms with Crippen LogP contribution in [-0.4, -0.2) is 38.6 Å². The molecule has 0 fully saturated rings. The highest BCUT2D eigenvalue weighted by Crippen LogP contribution is 2.07. The van der Waals surface area contributed by atoms with Crippen molar-refractivity contribution in [1.82, 2.24) is 4.90 Å². The molecular weight excluding hydrogens is 166 g/mol. The van der Waals surface area contributed by atoms with Crippen LogP contribution in [0, 0.1) is 5.92 Å². The first-order valence-electron chi connectivity index (χ1n) is 4.20. The van der Waals surface area contributed by atoms with Gasteiger partial charge < -0.3 is 9.64 Å². The molecular formula is C10H17NO2. The predicted molar refractivity (Wildman–Crippen MR) is 52.4 cm³/mol. The van der Waals surface area contributed by atoms with Gasteiger partial charge in [0.15, 0.2) is 0 Å². The molecule has 1 atom stereocenters. The Kier molecular flexibility index (Phi) is 5.94. The molecule has 0 aliphatic heterocycles. The summed E-state index contributed by atoms with van der Waals surface area (Å²) in [5.74, 6) is -0.442. The number of hydrogen-bond donors (Lipinski definition) is 0. The summed E-state index contributed by atoms with van der Waals surface area (Å²) in [5, 5.41) is 0. The Morgan fingerprint density at radius 3 is 2.69 bits per heavy atom. The molecule has 3 heteroatoms. The molecule has 0 aromatic carbocycles. The number of methoxy groups -OCH3 is 1. The minimum absolute atomic E-state index is 0.218. The second-order valence-electron chi connectivity index (χ2n) is 3.09. The van der Waals surface area contributed by atoms with Crippen molar-refractivity contribution in [2.75, 3.05) is 27.7 Å². The molecule has 0 saturated heterocycles. The Morgan fingerprint density at radius 2 is 2.31 bits per heavy atom. The van der Waals surface area contributed by atoms with Crippen molar-refractivity contribution in [1.29, 1.82) is 0 Å². The number of nitrogens with zero attached hydrogens (tertiary/aromatic N) is 1. The summed E-state index contributed by atoms with van der Waals surface area (Å²) in [7, 11) is 5.32. The van der Waals surface area contributed by atoms with Gasteiger partial charge in [-0.3, -0.25) is 4.79 Å². The highest BCUT2D eigenvalue weighted by atomic mass is 16.5. The van der Waals surface area contributed by atoms with Crippen LogP contribution in [0.1, 0.15) is 6.42 Å². The van der Waals surface area contributed by atoms with Gasteiger partial charge in [0.25, 0.3) is 0 Å². The molecule has 0 aromatic rings. The lowest BCUT2D eigenvalue weighted by Gasteiger charge is -2.13.